The van der Waals surface area contributed by atoms with Gasteiger partial charge in [0.2, 0.25) is 23.6 Å². The number of nitrogens with one attached hydrogen (secondary N) is 4. The smallest absolute Gasteiger partial charge is 0.234 e. The zero-order valence-corrected chi connectivity index (χ0v) is 47.4. The van der Waals surface area contributed by atoms with E-state index >= 15 is 0 Å². The largest absolute Gasteiger partial charge is 0.378 e. The third kappa shape index (κ3) is 28.1. The quantitative estimate of drug-likeness (QED) is 0.0641. The lowest BCUT2D eigenvalue weighted by Crippen LogP contribution is -2.51. The molecule has 0 radical (unpaired) electrons. The van der Waals surface area contributed by atoms with Crippen molar-refractivity contribution < 1.29 is 67.0 Å². The van der Waals surface area contributed by atoms with Gasteiger partial charge in [-0.05, 0) is 0 Å². The van der Waals surface area contributed by atoms with Crippen LogP contribution in [-0.4, -0.2) is 170 Å². The Kier molecular flexibility index (Phi) is 33.0. The molecule has 0 aromatic heterocycles. The standard InChI is InChI=1S/C54H92N6O14/c1-31(2)43(61)23-39(51(69)35(9)10)55-47(65)27-59(28-48(66)56-40(52(70)36(11)12)24-44(62)32(3)4)17-19-73-21-22-74-20-18-60(29-49(67)57-41(53(71)37(13)14)25-45(63)33(5)6)30-50(68)58-42(54(72)38(15)16)26-46(64)34(7)8/h31-42H,17-30H2,1-16H3,(H,55,65)(H,56,66)(H,57,67)(H,58,68). The fourth-order valence-electron chi connectivity index (χ4n) is 7.16. The minimum atomic E-state index is -1.09. The summed E-state index contributed by atoms with van der Waals surface area (Å²) in [6.45, 7) is 25.3. The maximum Gasteiger partial charge on any atom is 0.234 e. The Bertz CT molecular complexity index is 1650. The molecule has 0 fully saturated rings. The first kappa shape index (κ1) is 69.1. The highest BCUT2D eigenvalue weighted by atomic mass is 16.5. The van der Waals surface area contributed by atoms with Gasteiger partial charge in [-0.2, -0.15) is 0 Å². The summed E-state index contributed by atoms with van der Waals surface area (Å²) in [5, 5.41) is 10.7. The molecule has 0 bridgehead atoms. The van der Waals surface area contributed by atoms with E-state index in [1.54, 1.807) is 111 Å². The molecular formula is C54H92N6O14. The summed E-state index contributed by atoms with van der Waals surface area (Å²) in [5.74, 6) is -8.15. The molecule has 0 heterocycles. The van der Waals surface area contributed by atoms with E-state index in [9.17, 15) is 57.5 Å². The molecule has 0 saturated heterocycles. The van der Waals surface area contributed by atoms with Gasteiger partial charge in [0.05, 0.1) is 76.8 Å². The van der Waals surface area contributed by atoms with Crippen molar-refractivity contribution in [2.45, 2.75) is 161 Å². The van der Waals surface area contributed by atoms with Gasteiger partial charge < -0.3 is 30.7 Å². The van der Waals surface area contributed by atoms with E-state index in [1.807, 2.05) is 0 Å². The van der Waals surface area contributed by atoms with Crippen LogP contribution in [0.25, 0.3) is 0 Å². The Hall–Kier alpha value is -4.92. The normalized spacial score (nSPS) is 13.5. The lowest BCUT2D eigenvalue weighted by molar-refractivity contribution is -0.134. The lowest BCUT2D eigenvalue weighted by atomic mass is 9.94. The second kappa shape index (κ2) is 35.4. The van der Waals surface area contributed by atoms with Crippen molar-refractivity contribution in [1.29, 1.82) is 0 Å². The van der Waals surface area contributed by atoms with Crippen LogP contribution in [0.3, 0.4) is 0 Å². The van der Waals surface area contributed by atoms with Crippen molar-refractivity contribution in [2.75, 3.05) is 65.7 Å². The molecule has 0 rings (SSSR count). The summed E-state index contributed by atoms with van der Waals surface area (Å²) in [6, 6.07) is -4.36. The highest BCUT2D eigenvalue weighted by molar-refractivity contribution is 5.98. The predicted octanol–water partition coefficient (Wildman–Crippen LogP) is 2.92. The molecule has 0 aliphatic carbocycles. The molecule has 0 aromatic rings. The van der Waals surface area contributed by atoms with E-state index < -0.39 is 97.6 Å². The molecule has 422 valence electrons. The number of ketones is 8. The molecule has 74 heavy (non-hydrogen) atoms. The maximum atomic E-state index is 13.5. The van der Waals surface area contributed by atoms with Crippen molar-refractivity contribution in [3.8, 4) is 0 Å². The third-order valence-corrected chi connectivity index (χ3v) is 12.1. The first-order valence-corrected chi connectivity index (χ1v) is 26.3. The Balaban J connectivity index is 6.23. The first-order chi connectivity index (χ1) is 34.3. The van der Waals surface area contributed by atoms with Crippen molar-refractivity contribution in [2.24, 2.45) is 47.3 Å². The molecular weight excluding hydrogens is 957 g/mol. The van der Waals surface area contributed by atoms with Crippen molar-refractivity contribution >= 4 is 69.9 Å². The van der Waals surface area contributed by atoms with Gasteiger partial charge in [-0.25, -0.2) is 0 Å². The van der Waals surface area contributed by atoms with Crippen LogP contribution >= 0.6 is 0 Å². The SMILES string of the molecule is CC(C)C(=O)CC(NC(=O)CN(CCOCCOCCN(CC(=O)NC(CC(=O)C(C)C)C(=O)C(C)C)CC(=O)NC(CC(=O)C(C)C)C(=O)C(C)C)CC(=O)NC(CC(=O)C(C)C)C(=O)C(C)C)C(=O)C(C)C. The summed E-state index contributed by atoms with van der Waals surface area (Å²) in [4.78, 5) is 160. The fraction of sp³-hybridized carbons (Fsp3) is 0.778. The van der Waals surface area contributed by atoms with Crippen LogP contribution in [0.15, 0.2) is 0 Å². The van der Waals surface area contributed by atoms with E-state index in [1.165, 1.54) is 9.80 Å². The van der Waals surface area contributed by atoms with Gasteiger partial charge in [0, 0.05) is 86.1 Å². The second-order valence-corrected chi connectivity index (χ2v) is 21.7. The van der Waals surface area contributed by atoms with E-state index in [2.05, 4.69) is 21.3 Å². The lowest BCUT2D eigenvalue weighted by Gasteiger charge is -2.26. The monoisotopic (exact) mass is 1050 g/mol. The van der Waals surface area contributed by atoms with Crippen LogP contribution in [0.1, 0.15) is 136 Å². The number of Topliss-reactive ketones (excluding diaryl/α,β-unsaturated/α-hetero) is 8. The zero-order valence-electron chi connectivity index (χ0n) is 47.4. The summed E-state index contributed by atoms with van der Waals surface area (Å²) in [7, 11) is 0. The van der Waals surface area contributed by atoms with Crippen molar-refractivity contribution in [3.63, 3.8) is 0 Å². The molecule has 20 heteroatoms. The van der Waals surface area contributed by atoms with E-state index in [0.717, 1.165) is 0 Å². The van der Waals surface area contributed by atoms with Crippen LogP contribution in [-0.2, 0) is 67.0 Å². The highest BCUT2D eigenvalue weighted by Gasteiger charge is 2.32. The number of hydrogen-bond donors (Lipinski definition) is 4. The average Bonchev–Trinajstić information content (AvgIpc) is 3.29. The zero-order chi connectivity index (χ0) is 57.2. The molecule has 0 spiro atoms. The number of carbonyl (C=O) groups is 12. The Labute approximate surface area is 440 Å². The van der Waals surface area contributed by atoms with Gasteiger partial charge >= 0.3 is 0 Å². The first-order valence-electron chi connectivity index (χ1n) is 26.3. The predicted molar refractivity (Wildman–Crippen MR) is 279 cm³/mol. The number of ether oxygens (including phenoxy) is 2. The van der Waals surface area contributed by atoms with Gasteiger partial charge in [-0.1, -0.05) is 111 Å². The number of nitrogens with zero attached hydrogens (tertiary/aromatic N) is 2. The fourth-order valence-corrected chi connectivity index (χ4v) is 7.16. The Morgan fingerprint density at radius 2 is 0.486 bits per heavy atom. The number of hydrogen-bond acceptors (Lipinski definition) is 16. The number of carbonyl (C=O) groups excluding carboxylic acids is 12. The van der Waals surface area contributed by atoms with Gasteiger partial charge in [0.1, 0.15) is 23.1 Å². The van der Waals surface area contributed by atoms with Crippen LogP contribution in [0.5, 0.6) is 0 Å². The van der Waals surface area contributed by atoms with Gasteiger partial charge in [0.25, 0.3) is 0 Å². The van der Waals surface area contributed by atoms with E-state index in [4.69, 9.17) is 9.47 Å². The Morgan fingerprint density at radius 1 is 0.297 bits per heavy atom. The summed E-state index contributed by atoms with van der Waals surface area (Å²) >= 11 is 0. The number of rotatable bonds is 41. The van der Waals surface area contributed by atoms with Crippen LogP contribution in [0.2, 0.25) is 0 Å². The summed E-state index contributed by atoms with van der Waals surface area (Å²) in [5.41, 5.74) is 0. The van der Waals surface area contributed by atoms with Crippen LogP contribution in [0.4, 0.5) is 0 Å². The highest BCUT2D eigenvalue weighted by Crippen LogP contribution is 2.13. The van der Waals surface area contributed by atoms with Gasteiger partial charge in [-0.3, -0.25) is 67.3 Å². The van der Waals surface area contributed by atoms with Gasteiger partial charge in [0.15, 0.2) is 23.1 Å². The van der Waals surface area contributed by atoms with Crippen molar-refractivity contribution in [3.05, 3.63) is 0 Å². The minimum absolute atomic E-state index is 0.00637. The molecule has 0 aliphatic rings. The van der Waals surface area contributed by atoms with E-state index in [-0.39, 0.29) is 135 Å². The topological polar surface area (TPSA) is 278 Å². The summed E-state index contributed by atoms with van der Waals surface area (Å²) < 4.78 is 11.6. The molecule has 4 amide bonds. The van der Waals surface area contributed by atoms with Crippen molar-refractivity contribution in [1.82, 2.24) is 31.1 Å². The maximum absolute atomic E-state index is 13.5. The molecule has 4 atom stereocenters. The third-order valence-electron chi connectivity index (χ3n) is 12.1. The second-order valence-electron chi connectivity index (χ2n) is 21.7. The Morgan fingerprint density at radius 3 is 0.649 bits per heavy atom. The number of amides is 4. The molecule has 0 aromatic carbocycles. The molecule has 20 nitrogen and oxygen atoms in total. The van der Waals surface area contributed by atoms with E-state index in [0.29, 0.717) is 0 Å². The van der Waals surface area contributed by atoms with Crippen LogP contribution < -0.4 is 21.3 Å². The molecule has 4 N–H and O–H groups in total. The summed E-state index contributed by atoms with van der Waals surface area (Å²) in [6.07, 6.45) is -0.810. The molecule has 0 aliphatic heterocycles. The molecule has 0 saturated carbocycles. The van der Waals surface area contributed by atoms with Gasteiger partial charge in [-0.15, -0.1) is 0 Å². The molecule has 4 unspecified atom stereocenters. The minimum Gasteiger partial charge on any atom is -0.378 e. The average molecular weight is 1050 g/mol. The van der Waals surface area contributed by atoms with Crippen LogP contribution in [0, 0.1) is 47.3 Å².